The number of unbranched alkanes of at least 4 members (excludes halogenated alkanes) is 1. The van der Waals surface area contributed by atoms with Crippen LogP contribution in [0, 0.1) is 5.92 Å². The Balaban J connectivity index is 1.20. The van der Waals surface area contributed by atoms with Gasteiger partial charge in [0.1, 0.15) is 11.4 Å². The molecule has 238 valence electrons. The van der Waals surface area contributed by atoms with E-state index in [0.717, 1.165) is 31.5 Å². The molecule has 1 unspecified atom stereocenters. The van der Waals surface area contributed by atoms with E-state index in [-0.39, 0.29) is 15.7 Å². The number of carbonyl (C=O) groups excluding carboxylic acids is 1. The second-order valence-electron chi connectivity index (χ2n) is 12.5. The van der Waals surface area contributed by atoms with Gasteiger partial charge in [0, 0.05) is 31.2 Å². The first-order valence-corrected chi connectivity index (χ1v) is 18.2. The molecule has 0 bridgehead atoms. The Bertz CT molecular complexity index is 1450. The van der Waals surface area contributed by atoms with Gasteiger partial charge in [-0.15, -0.1) is 0 Å². The van der Waals surface area contributed by atoms with Crippen LogP contribution in [0.1, 0.15) is 117 Å². The molecule has 5 rings (SSSR count). The predicted molar refractivity (Wildman–Crippen MR) is 175 cm³/mol. The number of H-pyrrole nitrogens is 1. The molecule has 44 heavy (non-hydrogen) atoms. The lowest BCUT2D eigenvalue weighted by atomic mass is 9.79. The molecule has 0 saturated heterocycles. The molecule has 2 aliphatic rings. The van der Waals surface area contributed by atoms with Crippen molar-refractivity contribution in [2.24, 2.45) is 5.92 Å². The van der Waals surface area contributed by atoms with Crippen LogP contribution in [-0.4, -0.2) is 32.5 Å². The number of rotatable bonds is 10. The quantitative estimate of drug-likeness (QED) is 0.202. The van der Waals surface area contributed by atoms with Crippen LogP contribution >= 0.6 is 0 Å². The monoisotopic (exact) mass is 619 g/mol. The van der Waals surface area contributed by atoms with Gasteiger partial charge in [-0.25, -0.2) is 8.42 Å². The zero-order valence-electron chi connectivity index (χ0n) is 26.2. The maximum absolute atomic E-state index is 13.3. The summed E-state index contributed by atoms with van der Waals surface area (Å²) in [5.41, 5.74) is 3.88. The number of hydrogen-bond acceptors (Lipinski definition) is 5. The Morgan fingerprint density at radius 2 is 1.61 bits per heavy atom. The number of hydrogen-bond donors (Lipinski definition) is 3. The van der Waals surface area contributed by atoms with Crippen molar-refractivity contribution < 1.29 is 17.9 Å². The van der Waals surface area contributed by atoms with Gasteiger partial charge in [0.05, 0.1) is 16.4 Å². The first-order chi connectivity index (χ1) is 21.5. The fraction of sp³-hybridized carbons (Fsp3) is 0.528. The van der Waals surface area contributed by atoms with E-state index in [2.05, 4.69) is 22.5 Å². The van der Waals surface area contributed by atoms with E-state index < -0.39 is 9.84 Å². The lowest BCUT2D eigenvalue weighted by Gasteiger charge is -2.31. The van der Waals surface area contributed by atoms with Crippen molar-refractivity contribution >= 4 is 15.7 Å². The Labute approximate surface area is 263 Å². The number of ether oxygens (including phenoxy) is 1. The van der Waals surface area contributed by atoms with Gasteiger partial charge >= 0.3 is 0 Å². The largest absolute Gasteiger partial charge is 0.494 e. The third-order valence-electron chi connectivity index (χ3n) is 9.27. The SMILES string of the molecule is CCCCOc1cccc(S(=O)(=O)c2ccc(CNC(=O)c3cc4c([nH]3)C(C3CCCCCCCCCC3)CNC4)cc2)c1. The van der Waals surface area contributed by atoms with E-state index in [9.17, 15) is 13.2 Å². The maximum atomic E-state index is 13.3. The number of sulfone groups is 1. The number of benzene rings is 2. The fourth-order valence-electron chi connectivity index (χ4n) is 6.67. The van der Waals surface area contributed by atoms with E-state index in [1.807, 2.05) is 6.07 Å². The van der Waals surface area contributed by atoms with Gasteiger partial charge in [0.2, 0.25) is 9.84 Å². The Morgan fingerprint density at radius 3 is 2.32 bits per heavy atom. The summed E-state index contributed by atoms with van der Waals surface area (Å²) >= 11 is 0. The third-order valence-corrected chi connectivity index (χ3v) is 11.0. The summed E-state index contributed by atoms with van der Waals surface area (Å²) in [4.78, 5) is 17.1. The van der Waals surface area contributed by atoms with Gasteiger partial charge < -0.3 is 20.4 Å². The van der Waals surface area contributed by atoms with Crippen molar-refractivity contribution in [3.05, 3.63) is 77.1 Å². The molecular formula is C36H49N3O4S. The Morgan fingerprint density at radius 1 is 0.909 bits per heavy atom. The number of aromatic amines is 1. The average molecular weight is 620 g/mol. The Kier molecular flexibility index (Phi) is 11.6. The van der Waals surface area contributed by atoms with Gasteiger partial charge in [-0.1, -0.05) is 82.9 Å². The van der Waals surface area contributed by atoms with E-state index >= 15 is 0 Å². The smallest absolute Gasteiger partial charge is 0.267 e. The minimum absolute atomic E-state index is 0.142. The predicted octanol–water partition coefficient (Wildman–Crippen LogP) is 7.67. The number of aromatic nitrogens is 1. The summed E-state index contributed by atoms with van der Waals surface area (Å²) in [6, 6.07) is 15.4. The highest BCUT2D eigenvalue weighted by atomic mass is 32.2. The summed E-state index contributed by atoms with van der Waals surface area (Å²) in [7, 11) is -3.69. The molecule has 3 N–H and O–H groups in total. The summed E-state index contributed by atoms with van der Waals surface area (Å²) < 4.78 is 32.2. The number of carbonyl (C=O) groups is 1. The van der Waals surface area contributed by atoms with Gasteiger partial charge in [-0.2, -0.15) is 0 Å². The first kappa shape index (κ1) is 32.3. The highest BCUT2D eigenvalue weighted by Gasteiger charge is 2.30. The molecule has 1 aromatic heterocycles. The topological polar surface area (TPSA) is 100 Å². The summed E-state index contributed by atoms with van der Waals surface area (Å²) in [6.07, 6.45) is 15.2. The fourth-order valence-corrected chi connectivity index (χ4v) is 7.96. The molecule has 1 amide bonds. The normalized spacial score (nSPS) is 18.6. The summed E-state index contributed by atoms with van der Waals surface area (Å²) in [6.45, 7) is 4.70. The van der Waals surface area contributed by atoms with Gasteiger partial charge in [0.15, 0.2) is 0 Å². The van der Waals surface area contributed by atoms with Crippen molar-refractivity contribution in [2.45, 2.75) is 113 Å². The van der Waals surface area contributed by atoms with Gasteiger partial charge in [0.25, 0.3) is 5.91 Å². The lowest BCUT2D eigenvalue weighted by molar-refractivity contribution is 0.0946. The van der Waals surface area contributed by atoms with Crippen molar-refractivity contribution in [1.82, 2.24) is 15.6 Å². The summed E-state index contributed by atoms with van der Waals surface area (Å²) in [5.74, 6) is 1.47. The number of amides is 1. The minimum atomic E-state index is -3.69. The molecule has 2 heterocycles. The highest BCUT2D eigenvalue weighted by molar-refractivity contribution is 7.91. The number of fused-ring (bicyclic) bond motifs is 1. The Hall–Kier alpha value is -3.10. The van der Waals surface area contributed by atoms with E-state index in [1.165, 1.54) is 75.5 Å². The maximum Gasteiger partial charge on any atom is 0.267 e. The highest BCUT2D eigenvalue weighted by Crippen LogP contribution is 2.37. The zero-order chi connectivity index (χ0) is 30.8. The molecule has 2 aromatic carbocycles. The van der Waals surface area contributed by atoms with Crippen LogP contribution < -0.4 is 15.4 Å². The van der Waals surface area contributed by atoms with Gasteiger partial charge in [-0.05, 0) is 72.7 Å². The van der Waals surface area contributed by atoms with Crippen LogP contribution in [0.2, 0.25) is 0 Å². The molecule has 0 radical (unpaired) electrons. The number of nitrogens with one attached hydrogen (secondary N) is 3. The molecule has 1 aliphatic heterocycles. The molecule has 0 spiro atoms. The standard InChI is InChI=1S/C36H49N3O4S/c1-2-3-21-43-30-15-12-16-32(23-30)44(41,42)31-19-17-27(18-20-31)24-38-36(40)34-22-29-25-37-26-33(35(29)39-34)28-13-10-8-6-4-5-7-9-11-14-28/h12,15-20,22-23,28,33,37,39H,2-11,13-14,21,24-26H2,1H3,(H,38,40). The van der Waals surface area contributed by atoms with Crippen molar-refractivity contribution in [3.63, 3.8) is 0 Å². The second kappa shape index (κ2) is 15.8. The summed E-state index contributed by atoms with van der Waals surface area (Å²) in [5, 5.41) is 6.63. The molecule has 1 fully saturated rings. The third kappa shape index (κ3) is 8.33. The van der Waals surface area contributed by atoms with Crippen LogP contribution in [-0.2, 0) is 22.9 Å². The molecule has 1 saturated carbocycles. The molecule has 7 nitrogen and oxygen atoms in total. The van der Waals surface area contributed by atoms with Crippen LogP contribution in [0.15, 0.2) is 64.4 Å². The molecule has 1 atom stereocenters. The average Bonchev–Trinajstić information content (AvgIpc) is 3.46. The van der Waals surface area contributed by atoms with E-state index in [1.54, 1.807) is 48.5 Å². The molecule has 1 aliphatic carbocycles. The second-order valence-corrected chi connectivity index (χ2v) is 14.5. The van der Waals surface area contributed by atoms with Crippen LogP contribution in [0.3, 0.4) is 0 Å². The van der Waals surface area contributed by atoms with E-state index in [0.29, 0.717) is 36.4 Å². The minimum Gasteiger partial charge on any atom is -0.494 e. The van der Waals surface area contributed by atoms with Crippen molar-refractivity contribution in [3.8, 4) is 5.75 Å². The molecule has 3 aromatic rings. The zero-order valence-corrected chi connectivity index (χ0v) is 27.0. The first-order valence-electron chi connectivity index (χ1n) is 16.7. The van der Waals surface area contributed by atoms with Crippen LogP contribution in [0.25, 0.3) is 0 Å². The molecular weight excluding hydrogens is 570 g/mol. The lowest BCUT2D eigenvalue weighted by Crippen LogP contribution is -2.32. The van der Waals surface area contributed by atoms with Crippen molar-refractivity contribution in [2.75, 3.05) is 13.2 Å². The van der Waals surface area contributed by atoms with Gasteiger partial charge in [-0.3, -0.25) is 4.79 Å². The van der Waals surface area contributed by atoms with Crippen LogP contribution in [0.4, 0.5) is 0 Å². The molecule has 8 heteroatoms. The van der Waals surface area contributed by atoms with E-state index in [4.69, 9.17) is 4.74 Å². The van der Waals surface area contributed by atoms with Crippen LogP contribution in [0.5, 0.6) is 5.75 Å². The van der Waals surface area contributed by atoms with Crippen molar-refractivity contribution in [1.29, 1.82) is 0 Å².